The molecule has 0 aromatic carbocycles. The number of hydrogen-bond donors (Lipinski definition) is 0. The first-order chi connectivity index (χ1) is 7.51. The lowest BCUT2D eigenvalue weighted by Crippen LogP contribution is -2.26. The molecule has 16 heavy (non-hydrogen) atoms. The maximum Gasteiger partial charge on any atom is 0.171 e. The summed E-state index contributed by atoms with van der Waals surface area (Å²) < 4.78 is 5.41. The summed E-state index contributed by atoms with van der Waals surface area (Å²) in [5, 5.41) is 0.364. The number of allylic oxidation sites excluding steroid dienone is 2. The molecule has 0 saturated carbocycles. The lowest BCUT2D eigenvalue weighted by Gasteiger charge is -2.27. The van der Waals surface area contributed by atoms with E-state index in [4.69, 9.17) is 4.74 Å². The predicted molar refractivity (Wildman–Crippen MR) is 69.8 cm³/mol. The Morgan fingerprint density at radius 1 is 1.62 bits per heavy atom. The molecule has 1 atom stereocenters. The van der Waals surface area contributed by atoms with Gasteiger partial charge in [-0.25, -0.2) is 0 Å². The number of ketones is 1. The van der Waals surface area contributed by atoms with Crippen molar-refractivity contribution in [2.24, 2.45) is 5.92 Å². The van der Waals surface area contributed by atoms with E-state index in [-0.39, 0.29) is 11.9 Å². The maximum absolute atomic E-state index is 11.7. The minimum atomic E-state index is -0.0776. The summed E-state index contributed by atoms with van der Waals surface area (Å²) >= 11 is 3.21. The van der Waals surface area contributed by atoms with E-state index >= 15 is 0 Å². The van der Waals surface area contributed by atoms with Gasteiger partial charge >= 0.3 is 0 Å². The average Bonchev–Trinajstić information content (AvgIpc) is 2.27. The smallest absolute Gasteiger partial charge is 0.171 e. The quantitative estimate of drug-likeness (QED) is 0.742. The Balaban J connectivity index is 3.07. The van der Waals surface area contributed by atoms with Gasteiger partial charge in [-0.2, -0.15) is 0 Å². The van der Waals surface area contributed by atoms with Gasteiger partial charge in [-0.15, -0.1) is 0 Å². The van der Waals surface area contributed by atoms with Crippen LogP contribution < -0.4 is 0 Å². The van der Waals surface area contributed by atoms with Crippen molar-refractivity contribution in [2.75, 3.05) is 12.4 Å². The molecule has 0 heterocycles. The van der Waals surface area contributed by atoms with E-state index in [0.717, 1.165) is 12.0 Å². The Hall–Kier alpha value is -0.410. The normalized spacial score (nSPS) is 21.4. The molecule has 1 rings (SSSR count). The second-order valence-corrected chi connectivity index (χ2v) is 5.01. The summed E-state index contributed by atoms with van der Waals surface area (Å²) in [6.45, 7) is 6.43. The van der Waals surface area contributed by atoms with Crippen LogP contribution in [-0.4, -0.2) is 24.3 Å². The molecular weight excluding hydrogens is 268 g/mol. The molecule has 0 radical (unpaired) electrons. The van der Waals surface area contributed by atoms with Gasteiger partial charge in [0.25, 0.3) is 0 Å². The third-order valence-electron chi connectivity index (χ3n) is 3.06. The number of carbonyl (C=O) groups is 1. The van der Waals surface area contributed by atoms with Crippen molar-refractivity contribution >= 4 is 21.7 Å². The fourth-order valence-corrected chi connectivity index (χ4v) is 2.45. The van der Waals surface area contributed by atoms with Crippen LogP contribution in [0.4, 0.5) is 0 Å². The molecule has 0 bridgehead atoms. The highest BCUT2D eigenvalue weighted by molar-refractivity contribution is 9.09. The molecule has 0 amide bonds. The van der Waals surface area contributed by atoms with Gasteiger partial charge in [0.15, 0.2) is 5.78 Å². The summed E-state index contributed by atoms with van der Waals surface area (Å²) in [6.07, 6.45) is 2.74. The highest BCUT2D eigenvalue weighted by Gasteiger charge is 2.26. The van der Waals surface area contributed by atoms with Crippen molar-refractivity contribution in [3.8, 4) is 0 Å². The van der Waals surface area contributed by atoms with Crippen molar-refractivity contribution in [3.63, 3.8) is 0 Å². The standard InChI is InChI=1S/C13H19BrO2/c1-8(2)10-6-13(16-4)11(5-9(10)3)12(15)7-14/h5,8,13H,6-7H2,1-4H3. The van der Waals surface area contributed by atoms with E-state index < -0.39 is 0 Å². The number of methoxy groups -OCH3 is 1. The fraction of sp³-hybridized carbons (Fsp3) is 0.615. The van der Waals surface area contributed by atoms with Crippen LogP contribution in [0.2, 0.25) is 0 Å². The minimum Gasteiger partial charge on any atom is -0.376 e. The van der Waals surface area contributed by atoms with E-state index in [1.54, 1.807) is 7.11 Å². The molecule has 90 valence electrons. The Bertz CT molecular complexity index is 340. The highest BCUT2D eigenvalue weighted by atomic mass is 79.9. The molecular formula is C13H19BrO2. The molecule has 0 aromatic heterocycles. The van der Waals surface area contributed by atoms with E-state index in [2.05, 4.69) is 36.7 Å². The number of rotatable bonds is 4. The molecule has 0 aliphatic heterocycles. The van der Waals surface area contributed by atoms with Gasteiger partial charge in [-0.1, -0.05) is 40.9 Å². The number of hydrogen-bond acceptors (Lipinski definition) is 2. The van der Waals surface area contributed by atoms with Crippen LogP contribution in [0.5, 0.6) is 0 Å². The van der Waals surface area contributed by atoms with Gasteiger partial charge in [0, 0.05) is 12.7 Å². The van der Waals surface area contributed by atoms with E-state index in [0.29, 0.717) is 11.2 Å². The molecule has 1 unspecified atom stereocenters. The number of carbonyl (C=O) groups excluding carboxylic acids is 1. The number of ether oxygens (including phenoxy) is 1. The van der Waals surface area contributed by atoms with Crippen LogP contribution in [0.15, 0.2) is 22.8 Å². The van der Waals surface area contributed by atoms with E-state index in [1.807, 2.05) is 6.08 Å². The van der Waals surface area contributed by atoms with Crippen LogP contribution in [0.1, 0.15) is 27.2 Å². The first-order valence-electron chi connectivity index (χ1n) is 5.54. The predicted octanol–water partition coefficient (Wildman–Crippen LogP) is 3.27. The largest absolute Gasteiger partial charge is 0.376 e. The molecule has 0 fully saturated rings. The lowest BCUT2D eigenvalue weighted by atomic mass is 9.84. The molecule has 0 N–H and O–H groups in total. The average molecular weight is 287 g/mol. The van der Waals surface area contributed by atoms with Gasteiger partial charge in [0.05, 0.1) is 11.4 Å². The minimum absolute atomic E-state index is 0.0776. The van der Waals surface area contributed by atoms with Gasteiger partial charge in [0.1, 0.15) is 0 Å². The fourth-order valence-electron chi connectivity index (χ4n) is 2.13. The van der Waals surface area contributed by atoms with Gasteiger partial charge in [-0.3, -0.25) is 4.79 Å². The van der Waals surface area contributed by atoms with Gasteiger partial charge in [0.2, 0.25) is 0 Å². The highest BCUT2D eigenvalue weighted by Crippen LogP contribution is 2.31. The van der Waals surface area contributed by atoms with Crippen LogP contribution in [0.25, 0.3) is 0 Å². The zero-order chi connectivity index (χ0) is 12.3. The summed E-state index contributed by atoms with van der Waals surface area (Å²) in [5.74, 6) is 0.628. The number of Topliss-reactive ketones (excluding diaryl/α,β-unsaturated/α-hetero) is 1. The van der Waals surface area contributed by atoms with Crippen LogP contribution >= 0.6 is 15.9 Å². The first kappa shape index (κ1) is 13.7. The second kappa shape index (κ2) is 5.78. The zero-order valence-electron chi connectivity index (χ0n) is 10.3. The Kier molecular flexibility index (Phi) is 4.93. The summed E-state index contributed by atoms with van der Waals surface area (Å²) in [4.78, 5) is 11.7. The summed E-state index contributed by atoms with van der Waals surface area (Å²) in [7, 11) is 1.67. The van der Waals surface area contributed by atoms with Crippen molar-refractivity contribution in [2.45, 2.75) is 33.3 Å². The molecule has 2 nitrogen and oxygen atoms in total. The molecule has 3 heteroatoms. The maximum atomic E-state index is 11.7. The number of halogens is 1. The van der Waals surface area contributed by atoms with E-state index in [1.165, 1.54) is 11.1 Å². The number of alkyl halides is 1. The van der Waals surface area contributed by atoms with Crippen LogP contribution in [-0.2, 0) is 9.53 Å². The van der Waals surface area contributed by atoms with Crippen LogP contribution in [0.3, 0.4) is 0 Å². The van der Waals surface area contributed by atoms with Crippen LogP contribution in [0, 0.1) is 5.92 Å². The molecule has 0 saturated heterocycles. The topological polar surface area (TPSA) is 26.3 Å². The third-order valence-corrected chi connectivity index (χ3v) is 3.56. The Morgan fingerprint density at radius 3 is 2.69 bits per heavy atom. The molecule has 0 aromatic rings. The second-order valence-electron chi connectivity index (χ2n) is 4.45. The monoisotopic (exact) mass is 286 g/mol. The molecule has 1 aliphatic rings. The third kappa shape index (κ3) is 2.83. The van der Waals surface area contributed by atoms with Gasteiger partial charge < -0.3 is 4.74 Å². The Labute approximate surface area is 106 Å². The first-order valence-corrected chi connectivity index (χ1v) is 6.66. The molecule has 0 spiro atoms. The van der Waals surface area contributed by atoms with Crippen molar-refractivity contribution in [1.82, 2.24) is 0 Å². The van der Waals surface area contributed by atoms with Crippen molar-refractivity contribution in [1.29, 1.82) is 0 Å². The molecule has 1 aliphatic carbocycles. The lowest BCUT2D eigenvalue weighted by molar-refractivity contribution is -0.114. The van der Waals surface area contributed by atoms with E-state index in [9.17, 15) is 4.79 Å². The van der Waals surface area contributed by atoms with Crippen molar-refractivity contribution in [3.05, 3.63) is 22.8 Å². The zero-order valence-corrected chi connectivity index (χ0v) is 11.9. The SMILES string of the molecule is COC1CC(C(C)C)=C(C)C=C1C(=O)CBr. The van der Waals surface area contributed by atoms with Crippen molar-refractivity contribution < 1.29 is 9.53 Å². The Morgan fingerprint density at radius 2 is 2.25 bits per heavy atom. The van der Waals surface area contributed by atoms with Gasteiger partial charge in [-0.05, 0) is 25.3 Å². The summed E-state index contributed by atoms with van der Waals surface area (Å²) in [6, 6.07) is 0. The summed E-state index contributed by atoms with van der Waals surface area (Å²) in [5.41, 5.74) is 3.40.